The highest BCUT2D eigenvalue weighted by molar-refractivity contribution is 5.85. The quantitative estimate of drug-likeness (QED) is 0.819. The summed E-state index contributed by atoms with van der Waals surface area (Å²) in [7, 11) is 0. The predicted molar refractivity (Wildman–Crippen MR) is 69.4 cm³/mol. The summed E-state index contributed by atoms with van der Waals surface area (Å²) in [5.74, 6) is 1.64. The van der Waals surface area contributed by atoms with E-state index in [1.165, 1.54) is 0 Å². The first-order valence-electron chi connectivity index (χ1n) is 6.27. The maximum atomic E-state index is 11.9. The fourth-order valence-corrected chi connectivity index (χ4v) is 2.60. The molecule has 0 aromatic rings. The molecule has 0 aromatic carbocycles. The van der Waals surface area contributed by atoms with Crippen molar-refractivity contribution in [3.63, 3.8) is 0 Å². The molecule has 17 heavy (non-hydrogen) atoms. The second-order valence-electron chi connectivity index (χ2n) is 5.15. The van der Waals surface area contributed by atoms with Crippen molar-refractivity contribution < 1.29 is 9.53 Å². The first-order valence-corrected chi connectivity index (χ1v) is 6.27. The Morgan fingerprint density at radius 1 is 1.35 bits per heavy atom. The van der Waals surface area contributed by atoms with E-state index in [0.29, 0.717) is 24.9 Å². The molecule has 2 rings (SSSR count). The van der Waals surface area contributed by atoms with E-state index in [1.54, 1.807) is 0 Å². The van der Waals surface area contributed by atoms with E-state index < -0.39 is 0 Å². The Balaban J connectivity index is 0.00000144. The van der Waals surface area contributed by atoms with Crippen molar-refractivity contribution >= 4 is 18.3 Å². The highest BCUT2D eigenvalue weighted by Crippen LogP contribution is 2.26. The zero-order chi connectivity index (χ0) is 11.5. The monoisotopic (exact) mass is 262 g/mol. The SMILES string of the molecule is CC(C)OCCC(=O)N1C[C@H]2CNC[C@H]2C1.Cl. The van der Waals surface area contributed by atoms with E-state index in [0.717, 1.165) is 26.2 Å². The topological polar surface area (TPSA) is 41.6 Å². The Kier molecular flexibility index (Phi) is 5.70. The predicted octanol–water partition coefficient (Wildman–Crippen LogP) is 0.901. The van der Waals surface area contributed by atoms with Gasteiger partial charge in [0.15, 0.2) is 0 Å². The molecule has 0 spiro atoms. The van der Waals surface area contributed by atoms with Crippen LogP contribution in [0.25, 0.3) is 0 Å². The molecule has 4 nitrogen and oxygen atoms in total. The Labute approximate surface area is 109 Å². The van der Waals surface area contributed by atoms with E-state index in [-0.39, 0.29) is 24.4 Å². The van der Waals surface area contributed by atoms with Crippen molar-refractivity contribution in [2.24, 2.45) is 11.8 Å². The van der Waals surface area contributed by atoms with Crippen LogP contribution in [0.3, 0.4) is 0 Å². The number of nitrogens with one attached hydrogen (secondary N) is 1. The number of likely N-dealkylation sites (tertiary alicyclic amines) is 1. The van der Waals surface area contributed by atoms with Gasteiger partial charge in [-0.15, -0.1) is 12.4 Å². The Hall–Kier alpha value is -0.320. The van der Waals surface area contributed by atoms with Crippen LogP contribution in [0, 0.1) is 11.8 Å². The maximum absolute atomic E-state index is 11.9. The average molecular weight is 263 g/mol. The number of carbonyl (C=O) groups excluding carboxylic acids is 1. The van der Waals surface area contributed by atoms with Crippen LogP contribution in [0.4, 0.5) is 0 Å². The number of fused-ring (bicyclic) bond motifs is 1. The molecule has 0 saturated carbocycles. The lowest BCUT2D eigenvalue weighted by Crippen LogP contribution is -2.32. The van der Waals surface area contributed by atoms with Gasteiger partial charge >= 0.3 is 0 Å². The minimum atomic E-state index is 0. The van der Waals surface area contributed by atoms with E-state index >= 15 is 0 Å². The molecule has 2 atom stereocenters. The summed E-state index contributed by atoms with van der Waals surface area (Å²) >= 11 is 0. The number of hydrogen-bond donors (Lipinski definition) is 1. The summed E-state index contributed by atoms with van der Waals surface area (Å²) < 4.78 is 5.41. The lowest BCUT2D eigenvalue weighted by Gasteiger charge is -2.17. The van der Waals surface area contributed by atoms with Crippen LogP contribution < -0.4 is 5.32 Å². The molecule has 2 aliphatic heterocycles. The van der Waals surface area contributed by atoms with Crippen LogP contribution in [-0.4, -0.2) is 49.7 Å². The lowest BCUT2D eigenvalue weighted by molar-refractivity contribution is -0.131. The zero-order valence-corrected chi connectivity index (χ0v) is 11.5. The number of nitrogens with zero attached hydrogens (tertiary/aromatic N) is 1. The van der Waals surface area contributed by atoms with Gasteiger partial charge in [0.1, 0.15) is 0 Å². The lowest BCUT2D eigenvalue weighted by atomic mass is 10.0. The fourth-order valence-electron chi connectivity index (χ4n) is 2.60. The summed E-state index contributed by atoms with van der Waals surface area (Å²) in [6.45, 7) is 8.59. The maximum Gasteiger partial charge on any atom is 0.224 e. The molecule has 2 aliphatic rings. The van der Waals surface area contributed by atoms with E-state index in [2.05, 4.69) is 5.32 Å². The highest BCUT2D eigenvalue weighted by atomic mass is 35.5. The van der Waals surface area contributed by atoms with Crippen molar-refractivity contribution in [2.45, 2.75) is 26.4 Å². The third kappa shape index (κ3) is 3.83. The number of carbonyl (C=O) groups is 1. The van der Waals surface area contributed by atoms with Gasteiger partial charge in [-0.3, -0.25) is 4.79 Å². The van der Waals surface area contributed by atoms with Crippen LogP contribution in [0.15, 0.2) is 0 Å². The van der Waals surface area contributed by atoms with Gasteiger partial charge in [-0.2, -0.15) is 0 Å². The van der Waals surface area contributed by atoms with E-state index in [9.17, 15) is 4.79 Å². The molecule has 0 aromatic heterocycles. The van der Waals surface area contributed by atoms with Crippen LogP contribution >= 0.6 is 12.4 Å². The van der Waals surface area contributed by atoms with Crippen molar-refractivity contribution in [3.05, 3.63) is 0 Å². The number of rotatable bonds is 4. The van der Waals surface area contributed by atoms with Crippen LogP contribution in [0.5, 0.6) is 0 Å². The molecule has 0 aliphatic carbocycles. The third-order valence-corrected chi connectivity index (χ3v) is 3.51. The molecule has 1 N–H and O–H groups in total. The van der Waals surface area contributed by atoms with Crippen LogP contribution in [-0.2, 0) is 9.53 Å². The van der Waals surface area contributed by atoms with Gasteiger partial charge in [-0.05, 0) is 25.7 Å². The smallest absolute Gasteiger partial charge is 0.224 e. The van der Waals surface area contributed by atoms with Gasteiger partial charge in [-0.25, -0.2) is 0 Å². The first-order chi connectivity index (χ1) is 7.66. The van der Waals surface area contributed by atoms with Gasteiger partial charge in [-0.1, -0.05) is 0 Å². The summed E-state index contributed by atoms with van der Waals surface area (Å²) in [6.07, 6.45) is 0.750. The molecule has 0 radical (unpaired) electrons. The van der Waals surface area contributed by atoms with Crippen molar-refractivity contribution in [2.75, 3.05) is 32.8 Å². The number of hydrogen-bond acceptors (Lipinski definition) is 3. The summed E-state index contributed by atoms with van der Waals surface area (Å²) in [6, 6.07) is 0. The molecule has 1 amide bonds. The highest BCUT2D eigenvalue weighted by Gasteiger charge is 2.37. The van der Waals surface area contributed by atoms with Gasteiger partial charge in [0.2, 0.25) is 5.91 Å². The summed E-state index contributed by atoms with van der Waals surface area (Å²) in [5, 5.41) is 3.38. The average Bonchev–Trinajstić information content (AvgIpc) is 2.75. The van der Waals surface area contributed by atoms with Crippen molar-refractivity contribution in [1.82, 2.24) is 10.2 Å². The van der Waals surface area contributed by atoms with Gasteiger partial charge < -0.3 is 15.0 Å². The standard InChI is InChI=1S/C12H22N2O2.ClH/c1-9(2)16-4-3-12(15)14-7-10-5-13-6-11(10)8-14;/h9-11,13H,3-8H2,1-2H3;1H/t10-,11+;. The molecule has 2 fully saturated rings. The van der Waals surface area contributed by atoms with Crippen LogP contribution in [0.1, 0.15) is 20.3 Å². The van der Waals surface area contributed by atoms with Crippen molar-refractivity contribution in [3.8, 4) is 0 Å². The van der Waals surface area contributed by atoms with Crippen molar-refractivity contribution in [1.29, 1.82) is 0 Å². The van der Waals surface area contributed by atoms with Gasteiger partial charge in [0.25, 0.3) is 0 Å². The third-order valence-electron chi connectivity index (χ3n) is 3.51. The Morgan fingerprint density at radius 3 is 2.47 bits per heavy atom. The molecule has 5 heteroatoms. The van der Waals surface area contributed by atoms with E-state index in [4.69, 9.17) is 4.74 Å². The first kappa shape index (κ1) is 14.7. The minimum absolute atomic E-state index is 0. The van der Waals surface area contributed by atoms with Gasteiger partial charge in [0.05, 0.1) is 19.1 Å². The molecule has 0 unspecified atom stereocenters. The van der Waals surface area contributed by atoms with Gasteiger partial charge in [0, 0.05) is 26.2 Å². The fraction of sp³-hybridized carbons (Fsp3) is 0.917. The summed E-state index contributed by atoms with van der Waals surface area (Å²) in [5.41, 5.74) is 0. The van der Waals surface area contributed by atoms with E-state index in [1.807, 2.05) is 18.7 Å². The molecule has 0 bridgehead atoms. The molecular formula is C12H23ClN2O2. The largest absolute Gasteiger partial charge is 0.378 e. The minimum Gasteiger partial charge on any atom is -0.378 e. The zero-order valence-electron chi connectivity index (χ0n) is 10.6. The number of halogens is 1. The van der Waals surface area contributed by atoms with Crippen LogP contribution in [0.2, 0.25) is 0 Å². The Morgan fingerprint density at radius 2 is 1.94 bits per heavy atom. The molecule has 100 valence electrons. The number of amides is 1. The second kappa shape index (κ2) is 6.57. The second-order valence-corrected chi connectivity index (χ2v) is 5.15. The number of ether oxygens (including phenoxy) is 1. The molecule has 2 saturated heterocycles. The Bertz CT molecular complexity index is 249. The molecule has 2 heterocycles. The summed E-state index contributed by atoms with van der Waals surface area (Å²) in [4.78, 5) is 13.9. The molecular weight excluding hydrogens is 240 g/mol. The normalized spacial score (nSPS) is 27.1.